The minimum absolute atomic E-state index is 0.148. The second-order valence-corrected chi connectivity index (χ2v) is 8.17. The van der Waals surface area contributed by atoms with Crippen LogP contribution in [0.2, 0.25) is 0 Å². The molecule has 9 heteroatoms. The van der Waals surface area contributed by atoms with Crippen molar-refractivity contribution in [3.63, 3.8) is 0 Å². The summed E-state index contributed by atoms with van der Waals surface area (Å²) in [7, 11) is 2.19. The van der Waals surface area contributed by atoms with Gasteiger partial charge in [-0.25, -0.2) is 14.0 Å². The van der Waals surface area contributed by atoms with Gasteiger partial charge >= 0.3 is 11.9 Å². The number of nitrogens with two attached hydrogens (primary N) is 1. The van der Waals surface area contributed by atoms with E-state index < -0.39 is 40.8 Å². The predicted molar refractivity (Wildman–Crippen MR) is 136 cm³/mol. The number of methoxy groups -OCH3 is 2. The normalized spacial score (nSPS) is 15.1. The number of para-hydroxylation sites is 1. The van der Waals surface area contributed by atoms with E-state index in [1.54, 1.807) is 60.7 Å². The van der Waals surface area contributed by atoms with E-state index in [0.717, 1.165) is 25.2 Å². The largest absolute Gasteiger partial charge is 0.466 e. The standard InChI is InChI=1S/C29H22FN3O5/c1-37-28(35)23-22(17-10-5-3-6-11-17)20(16-31)27(32)33(25(23)29(36)38-2)24-19(14-9-15-21(24)30)26(34)18-12-7-4-8-13-18/h3-15,22H,32H2,1-2H3. The van der Waals surface area contributed by atoms with Gasteiger partial charge in [0, 0.05) is 11.1 Å². The molecule has 1 aliphatic heterocycles. The summed E-state index contributed by atoms with van der Waals surface area (Å²) in [5.41, 5.74) is 5.69. The first-order chi connectivity index (χ1) is 18.3. The SMILES string of the molecule is COC(=O)C1=C(C(=O)OC)N(c2c(F)cccc2C(=O)c2ccccc2)C(N)=C(C#N)C1c1ccccc1. The van der Waals surface area contributed by atoms with Crippen LogP contribution in [0, 0.1) is 17.1 Å². The van der Waals surface area contributed by atoms with Crippen molar-refractivity contribution in [1.82, 2.24) is 0 Å². The number of ether oxygens (including phenoxy) is 2. The highest BCUT2D eigenvalue weighted by atomic mass is 19.1. The zero-order chi connectivity index (χ0) is 27.4. The number of rotatable bonds is 6. The molecule has 190 valence electrons. The number of nitriles is 1. The number of anilines is 1. The van der Waals surface area contributed by atoms with E-state index in [4.69, 9.17) is 15.2 Å². The highest BCUT2D eigenvalue weighted by Gasteiger charge is 2.44. The number of carbonyl (C=O) groups is 3. The van der Waals surface area contributed by atoms with Crippen molar-refractivity contribution in [2.45, 2.75) is 5.92 Å². The summed E-state index contributed by atoms with van der Waals surface area (Å²) in [6.07, 6.45) is 0. The number of halogens is 1. The van der Waals surface area contributed by atoms with E-state index in [-0.39, 0.29) is 28.1 Å². The first-order valence-electron chi connectivity index (χ1n) is 11.4. The predicted octanol–water partition coefficient (Wildman–Crippen LogP) is 3.95. The molecule has 3 aromatic rings. The smallest absolute Gasteiger partial charge is 0.355 e. The van der Waals surface area contributed by atoms with E-state index in [0.29, 0.717) is 5.56 Å². The van der Waals surface area contributed by atoms with Crippen LogP contribution < -0.4 is 10.6 Å². The average molecular weight is 512 g/mol. The van der Waals surface area contributed by atoms with Crippen LogP contribution >= 0.6 is 0 Å². The van der Waals surface area contributed by atoms with Gasteiger partial charge in [0.1, 0.15) is 17.3 Å². The van der Waals surface area contributed by atoms with Crippen LogP contribution in [0.5, 0.6) is 0 Å². The molecule has 8 nitrogen and oxygen atoms in total. The van der Waals surface area contributed by atoms with Crippen molar-refractivity contribution in [2.75, 3.05) is 19.1 Å². The summed E-state index contributed by atoms with van der Waals surface area (Å²) in [6, 6.07) is 22.3. The molecule has 0 saturated heterocycles. The van der Waals surface area contributed by atoms with Crippen molar-refractivity contribution in [3.05, 3.63) is 124 Å². The average Bonchev–Trinajstić information content (AvgIpc) is 2.96. The lowest BCUT2D eigenvalue weighted by atomic mass is 9.80. The Balaban J connectivity index is 2.10. The zero-order valence-electron chi connectivity index (χ0n) is 20.5. The lowest BCUT2D eigenvalue weighted by Crippen LogP contribution is -2.41. The number of allylic oxidation sites excluding steroid dienone is 1. The van der Waals surface area contributed by atoms with Gasteiger partial charge in [-0.05, 0) is 17.7 Å². The van der Waals surface area contributed by atoms with Gasteiger partial charge in [-0.2, -0.15) is 5.26 Å². The Bertz CT molecular complexity index is 1520. The van der Waals surface area contributed by atoms with E-state index in [9.17, 15) is 19.6 Å². The van der Waals surface area contributed by atoms with E-state index in [1.165, 1.54) is 12.1 Å². The first kappa shape index (κ1) is 25.9. The van der Waals surface area contributed by atoms with Gasteiger partial charge in [0.2, 0.25) is 0 Å². The van der Waals surface area contributed by atoms with Crippen molar-refractivity contribution in [2.24, 2.45) is 5.73 Å². The lowest BCUT2D eigenvalue weighted by molar-refractivity contribution is -0.139. The first-order valence-corrected chi connectivity index (χ1v) is 11.4. The minimum Gasteiger partial charge on any atom is -0.466 e. The zero-order valence-corrected chi connectivity index (χ0v) is 20.5. The molecule has 0 radical (unpaired) electrons. The van der Waals surface area contributed by atoms with Crippen LogP contribution in [0.1, 0.15) is 27.4 Å². The Hall–Kier alpha value is -5.23. The number of hydrogen-bond acceptors (Lipinski definition) is 8. The molecule has 4 rings (SSSR count). The lowest BCUT2D eigenvalue weighted by Gasteiger charge is -2.36. The third-order valence-corrected chi connectivity index (χ3v) is 6.10. The Labute approximate surface area is 218 Å². The molecule has 1 aliphatic rings. The molecule has 38 heavy (non-hydrogen) atoms. The van der Waals surface area contributed by atoms with Gasteiger partial charge in [-0.3, -0.25) is 9.69 Å². The van der Waals surface area contributed by atoms with Gasteiger partial charge in [0.15, 0.2) is 5.78 Å². The van der Waals surface area contributed by atoms with Crippen LogP contribution in [0.25, 0.3) is 0 Å². The molecule has 0 bridgehead atoms. The van der Waals surface area contributed by atoms with Gasteiger partial charge in [-0.1, -0.05) is 66.7 Å². The fourth-order valence-corrected chi connectivity index (χ4v) is 4.42. The summed E-state index contributed by atoms with van der Waals surface area (Å²) < 4.78 is 25.6. The molecule has 0 fully saturated rings. The van der Waals surface area contributed by atoms with E-state index in [1.807, 2.05) is 6.07 Å². The number of carbonyl (C=O) groups excluding carboxylic acids is 3. The number of esters is 2. The van der Waals surface area contributed by atoms with Gasteiger partial charge in [0.25, 0.3) is 0 Å². The number of nitrogens with zero attached hydrogens (tertiary/aromatic N) is 2. The molecule has 1 heterocycles. The summed E-state index contributed by atoms with van der Waals surface area (Å²) in [5, 5.41) is 10.2. The molecule has 0 aromatic heterocycles. The minimum atomic E-state index is -1.13. The highest BCUT2D eigenvalue weighted by Crippen LogP contribution is 2.44. The third-order valence-electron chi connectivity index (χ3n) is 6.10. The van der Waals surface area contributed by atoms with Crippen LogP contribution in [-0.4, -0.2) is 31.9 Å². The van der Waals surface area contributed by atoms with Crippen molar-refractivity contribution < 1.29 is 28.2 Å². The maximum atomic E-state index is 15.6. The Morgan fingerprint density at radius 1 is 0.895 bits per heavy atom. The monoisotopic (exact) mass is 511 g/mol. The quantitative estimate of drug-likeness (QED) is 0.390. The topological polar surface area (TPSA) is 123 Å². The van der Waals surface area contributed by atoms with Gasteiger partial charge in [-0.15, -0.1) is 0 Å². The summed E-state index contributed by atoms with van der Waals surface area (Å²) >= 11 is 0. The Morgan fingerprint density at radius 2 is 1.50 bits per heavy atom. The van der Waals surface area contributed by atoms with Crippen LogP contribution in [0.15, 0.2) is 102 Å². The van der Waals surface area contributed by atoms with Crippen molar-refractivity contribution in [3.8, 4) is 6.07 Å². The number of ketones is 1. The highest BCUT2D eigenvalue weighted by molar-refractivity contribution is 6.14. The van der Waals surface area contributed by atoms with Crippen LogP contribution in [0.4, 0.5) is 10.1 Å². The molecule has 1 atom stereocenters. The Morgan fingerprint density at radius 3 is 2.08 bits per heavy atom. The molecular formula is C29H22FN3O5. The molecule has 2 N–H and O–H groups in total. The molecule has 0 aliphatic carbocycles. The van der Waals surface area contributed by atoms with E-state index >= 15 is 4.39 Å². The second-order valence-electron chi connectivity index (χ2n) is 8.17. The summed E-state index contributed by atoms with van der Waals surface area (Å²) in [6.45, 7) is 0. The molecular weight excluding hydrogens is 489 g/mol. The van der Waals surface area contributed by atoms with Crippen LogP contribution in [0.3, 0.4) is 0 Å². The van der Waals surface area contributed by atoms with E-state index in [2.05, 4.69) is 0 Å². The molecule has 0 saturated carbocycles. The molecule has 0 spiro atoms. The fourth-order valence-electron chi connectivity index (χ4n) is 4.42. The maximum absolute atomic E-state index is 15.6. The molecule has 0 amide bonds. The third kappa shape index (κ3) is 4.40. The van der Waals surface area contributed by atoms with Crippen LogP contribution in [-0.2, 0) is 19.1 Å². The van der Waals surface area contributed by atoms with Crippen molar-refractivity contribution in [1.29, 1.82) is 5.26 Å². The second kappa shape index (κ2) is 10.8. The number of hydrogen-bond donors (Lipinski definition) is 1. The molecule has 1 unspecified atom stereocenters. The summed E-state index contributed by atoms with van der Waals surface area (Å²) in [4.78, 5) is 40.8. The van der Waals surface area contributed by atoms with Crippen molar-refractivity contribution >= 4 is 23.4 Å². The molecule has 3 aromatic carbocycles. The fraction of sp³-hybridized carbons (Fsp3) is 0.103. The number of benzene rings is 3. The van der Waals surface area contributed by atoms with Gasteiger partial charge < -0.3 is 15.2 Å². The van der Waals surface area contributed by atoms with Gasteiger partial charge in [0.05, 0.1) is 43.0 Å². The Kier molecular flexibility index (Phi) is 7.35. The summed E-state index contributed by atoms with van der Waals surface area (Å²) in [5.74, 6) is -4.97. The maximum Gasteiger partial charge on any atom is 0.355 e.